The third kappa shape index (κ3) is 8.72. The van der Waals surface area contributed by atoms with Crippen molar-refractivity contribution in [3.8, 4) is 0 Å². The van der Waals surface area contributed by atoms with Gasteiger partial charge in [-0.1, -0.05) is 48.5 Å². The zero-order valence-electron chi connectivity index (χ0n) is 27.8. The number of anilines is 1. The van der Waals surface area contributed by atoms with Gasteiger partial charge in [0.2, 0.25) is 0 Å². The number of hydrogen-bond donors (Lipinski definition) is 3. The normalized spacial score (nSPS) is 14.4. The largest absolute Gasteiger partial charge is 0.481 e. The van der Waals surface area contributed by atoms with Crippen molar-refractivity contribution in [2.24, 2.45) is 5.73 Å². The second-order valence-electron chi connectivity index (χ2n) is 12.4. The number of amides is 1. The molecule has 1 aliphatic rings. The van der Waals surface area contributed by atoms with E-state index in [-0.39, 0.29) is 30.9 Å². The molecule has 1 fully saturated rings. The number of carbonyl (C=O) groups is 2. The summed E-state index contributed by atoms with van der Waals surface area (Å²) in [6.45, 7) is 2.46. The first kappa shape index (κ1) is 37.0. The highest BCUT2D eigenvalue weighted by Crippen LogP contribution is 2.33. The molecular weight excluding hydrogens is 672 g/mol. The zero-order chi connectivity index (χ0) is 36.9. The first-order valence-corrected chi connectivity index (χ1v) is 16.3. The molecule has 4 aromatic rings. The van der Waals surface area contributed by atoms with Gasteiger partial charge in [0.05, 0.1) is 25.1 Å². The lowest BCUT2D eigenvalue weighted by molar-refractivity contribution is -0.138. The maximum atomic E-state index is 15.0. The number of nitrogens with one attached hydrogen (secondary N) is 1. The van der Waals surface area contributed by atoms with Gasteiger partial charge in [-0.2, -0.15) is 13.2 Å². The number of nitrogens with zero attached hydrogens (tertiary/aromatic N) is 4. The fourth-order valence-corrected chi connectivity index (χ4v) is 6.23. The molecule has 1 aromatic heterocycles. The van der Waals surface area contributed by atoms with Gasteiger partial charge < -0.3 is 21.1 Å². The molecule has 3 aromatic carbocycles. The molecule has 0 spiro atoms. The number of piperazine rings is 1. The molecule has 1 saturated heterocycles. The molecule has 51 heavy (non-hydrogen) atoms. The van der Waals surface area contributed by atoms with E-state index in [4.69, 9.17) is 10.8 Å². The number of alkyl halides is 3. The topological polar surface area (TPSA) is 143 Å². The summed E-state index contributed by atoms with van der Waals surface area (Å²) in [5.41, 5.74) is 4.98. The van der Waals surface area contributed by atoms with Crippen molar-refractivity contribution >= 4 is 17.6 Å². The van der Waals surface area contributed by atoms with Crippen LogP contribution >= 0.6 is 0 Å². The van der Waals surface area contributed by atoms with Gasteiger partial charge in [-0.05, 0) is 42.3 Å². The highest BCUT2D eigenvalue weighted by Gasteiger charge is 2.35. The maximum absolute atomic E-state index is 15.0. The number of hydrogen-bond acceptors (Lipinski definition) is 7. The summed E-state index contributed by atoms with van der Waals surface area (Å²) in [5.74, 6) is -2.55. The molecule has 4 N–H and O–H groups in total. The van der Waals surface area contributed by atoms with Gasteiger partial charge in [-0.15, -0.1) is 0 Å². The van der Waals surface area contributed by atoms with Crippen LogP contribution in [-0.4, -0.2) is 63.7 Å². The molecule has 15 heteroatoms. The van der Waals surface area contributed by atoms with E-state index in [1.165, 1.54) is 6.92 Å². The number of rotatable bonds is 12. The Morgan fingerprint density at radius 3 is 2.27 bits per heavy atom. The smallest absolute Gasteiger partial charge is 0.416 e. The first-order chi connectivity index (χ1) is 24.2. The van der Waals surface area contributed by atoms with Crippen LogP contribution in [-0.2, 0) is 30.6 Å². The fourth-order valence-electron chi connectivity index (χ4n) is 6.23. The van der Waals surface area contributed by atoms with Crippen LogP contribution in [0.3, 0.4) is 0 Å². The van der Waals surface area contributed by atoms with Gasteiger partial charge >= 0.3 is 17.8 Å². The number of aliphatic carboxylic acids is 1. The van der Waals surface area contributed by atoms with Crippen LogP contribution < -0.4 is 27.2 Å². The molecule has 1 atom stereocenters. The number of benzene rings is 3. The van der Waals surface area contributed by atoms with Crippen LogP contribution in [0.25, 0.3) is 0 Å². The van der Waals surface area contributed by atoms with E-state index in [0.717, 1.165) is 32.9 Å². The summed E-state index contributed by atoms with van der Waals surface area (Å²) in [5, 5.41) is 11.4. The monoisotopic (exact) mass is 710 g/mol. The molecule has 5 rings (SSSR count). The minimum absolute atomic E-state index is 0.00321. The number of carboxylic acid groups (broad SMARTS) is 1. The summed E-state index contributed by atoms with van der Waals surface area (Å²) in [4.78, 5) is 55.1. The van der Waals surface area contributed by atoms with E-state index >= 15 is 4.39 Å². The average molecular weight is 711 g/mol. The standard InChI is InChI=1S/C36H38F4N6O5/c1-23-32(44-17-15-43(16-18-44)20-24-7-5-10-26(19-24)33(49)42-14-13-31(47)48)34(50)46(22-30(41)25-8-3-2-4-9-25)35(51)45(23)21-27-28(36(38,39)40)11-6-12-29(27)37/h2-12,19,30H,13-18,20-22,41H2,1H3,(H,42,49)(H,47,48)/t30-/m1/s1. The van der Waals surface area contributed by atoms with Crippen LogP contribution in [0.15, 0.2) is 82.4 Å². The van der Waals surface area contributed by atoms with Crippen molar-refractivity contribution in [3.05, 3.63) is 133 Å². The number of nitrogens with two attached hydrogens (primary N) is 1. The molecule has 1 amide bonds. The fraction of sp³-hybridized carbons (Fsp3) is 0.333. The lowest BCUT2D eigenvalue weighted by Crippen LogP contribution is -2.51. The predicted molar refractivity (Wildman–Crippen MR) is 182 cm³/mol. The van der Waals surface area contributed by atoms with Gasteiger partial charge in [-0.25, -0.2) is 9.18 Å². The summed E-state index contributed by atoms with van der Waals surface area (Å²) < 4.78 is 58.8. The lowest BCUT2D eigenvalue weighted by Gasteiger charge is -2.37. The van der Waals surface area contributed by atoms with Crippen molar-refractivity contribution in [2.75, 3.05) is 37.6 Å². The Morgan fingerprint density at radius 2 is 1.61 bits per heavy atom. The molecule has 0 radical (unpaired) electrons. The number of halogens is 4. The Kier molecular flexibility index (Phi) is 11.4. The molecule has 0 unspecified atom stereocenters. The minimum Gasteiger partial charge on any atom is -0.481 e. The van der Waals surface area contributed by atoms with Crippen molar-refractivity contribution < 1.29 is 32.3 Å². The summed E-state index contributed by atoms with van der Waals surface area (Å²) in [6, 6.07) is 17.5. The summed E-state index contributed by atoms with van der Waals surface area (Å²) >= 11 is 0. The summed E-state index contributed by atoms with van der Waals surface area (Å²) in [6.07, 6.45) is -5.09. The van der Waals surface area contributed by atoms with Crippen molar-refractivity contribution in [2.45, 2.75) is 45.2 Å². The highest BCUT2D eigenvalue weighted by molar-refractivity contribution is 5.94. The Morgan fingerprint density at radius 1 is 0.922 bits per heavy atom. The van der Waals surface area contributed by atoms with Gasteiger partial charge in [-0.3, -0.25) is 28.4 Å². The predicted octanol–water partition coefficient (Wildman–Crippen LogP) is 3.75. The van der Waals surface area contributed by atoms with Crippen molar-refractivity contribution in [1.82, 2.24) is 19.4 Å². The second kappa shape index (κ2) is 15.7. The molecule has 0 bridgehead atoms. The third-order valence-corrected chi connectivity index (χ3v) is 8.91. The minimum atomic E-state index is -4.89. The Bertz CT molecular complexity index is 2010. The van der Waals surface area contributed by atoms with E-state index in [2.05, 4.69) is 10.2 Å². The maximum Gasteiger partial charge on any atom is 0.416 e. The van der Waals surface area contributed by atoms with Gasteiger partial charge in [0, 0.05) is 62.1 Å². The summed E-state index contributed by atoms with van der Waals surface area (Å²) in [7, 11) is 0. The van der Waals surface area contributed by atoms with Crippen LogP contribution in [0, 0.1) is 12.7 Å². The number of carbonyl (C=O) groups excluding carboxylic acids is 1. The first-order valence-electron chi connectivity index (χ1n) is 16.3. The van der Waals surface area contributed by atoms with Crippen LogP contribution in [0.1, 0.15) is 50.8 Å². The van der Waals surface area contributed by atoms with Gasteiger partial charge in [0.1, 0.15) is 11.5 Å². The molecule has 2 heterocycles. The van der Waals surface area contributed by atoms with E-state index in [1.807, 2.05) is 6.07 Å². The van der Waals surface area contributed by atoms with Crippen LogP contribution in [0.5, 0.6) is 0 Å². The Hall–Kier alpha value is -5.28. The molecule has 11 nitrogen and oxygen atoms in total. The average Bonchev–Trinajstić information content (AvgIpc) is 3.09. The van der Waals surface area contributed by atoms with Crippen LogP contribution in [0.2, 0.25) is 0 Å². The SMILES string of the molecule is Cc1c(N2CCN(Cc3cccc(C(=O)NCCC(=O)O)c3)CC2)c(=O)n(C[C@@H](N)c2ccccc2)c(=O)n1Cc1c(F)cccc1C(F)(F)F. The molecule has 270 valence electrons. The molecule has 1 aliphatic heterocycles. The quantitative estimate of drug-likeness (QED) is 0.189. The van der Waals surface area contributed by atoms with Crippen molar-refractivity contribution in [3.63, 3.8) is 0 Å². The van der Waals surface area contributed by atoms with Crippen molar-refractivity contribution in [1.29, 1.82) is 0 Å². The Balaban J connectivity index is 1.43. The van der Waals surface area contributed by atoms with E-state index in [0.29, 0.717) is 43.9 Å². The van der Waals surface area contributed by atoms with E-state index in [9.17, 15) is 32.3 Å². The highest BCUT2D eigenvalue weighted by atomic mass is 19.4. The molecule has 0 aliphatic carbocycles. The van der Waals surface area contributed by atoms with E-state index in [1.54, 1.807) is 53.4 Å². The zero-order valence-corrected chi connectivity index (χ0v) is 27.8. The van der Waals surface area contributed by atoms with E-state index < -0.39 is 58.8 Å². The van der Waals surface area contributed by atoms with Crippen LogP contribution in [0.4, 0.5) is 23.2 Å². The third-order valence-electron chi connectivity index (χ3n) is 8.91. The van der Waals surface area contributed by atoms with Gasteiger partial charge in [0.25, 0.3) is 11.5 Å². The van der Waals surface area contributed by atoms with Gasteiger partial charge in [0.15, 0.2) is 0 Å². The number of aromatic nitrogens is 2. The number of carboxylic acids is 1. The molecular formula is C36H38F4N6O5. The molecule has 0 saturated carbocycles. The lowest BCUT2D eigenvalue weighted by atomic mass is 10.1. The Labute approximate surface area is 290 Å². The second-order valence-corrected chi connectivity index (χ2v) is 12.4.